The van der Waals surface area contributed by atoms with E-state index in [0.717, 1.165) is 20.4 Å². The molecule has 124 valence electrons. The van der Waals surface area contributed by atoms with Gasteiger partial charge in [-0.3, -0.25) is 4.79 Å². The van der Waals surface area contributed by atoms with E-state index in [2.05, 4.69) is 37.2 Å². The first-order chi connectivity index (χ1) is 10.4. The maximum absolute atomic E-state index is 11.7. The third kappa shape index (κ3) is 6.51. The summed E-state index contributed by atoms with van der Waals surface area (Å²) in [6.45, 7) is 0.351. The number of carbonyl (C=O) groups is 1. The third-order valence-corrected chi connectivity index (χ3v) is 3.83. The number of ether oxygens (including phenoxy) is 1. The minimum Gasteiger partial charge on any atom is -0.456 e. The fraction of sp³-hybridized carbons (Fsp3) is 0.188. The molecule has 0 aliphatic heterocycles. The first-order valence-corrected chi connectivity index (χ1v) is 8.20. The Morgan fingerprint density at radius 1 is 1.13 bits per heavy atom. The molecule has 0 saturated carbocycles. The van der Waals surface area contributed by atoms with Crippen LogP contribution in [0.25, 0.3) is 0 Å². The fourth-order valence-corrected chi connectivity index (χ4v) is 2.91. The lowest BCUT2D eigenvalue weighted by molar-refractivity contribution is -0.116. The van der Waals surface area contributed by atoms with Gasteiger partial charge in [-0.2, -0.15) is 0 Å². The van der Waals surface area contributed by atoms with Crippen LogP contribution in [0.15, 0.2) is 51.4 Å². The summed E-state index contributed by atoms with van der Waals surface area (Å²) in [4.78, 5) is 13.5. The van der Waals surface area contributed by atoms with Crippen LogP contribution in [-0.2, 0) is 4.79 Å². The van der Waals surface area contributed by atoms with Gasteiger partial charge in [0.15, 0.2) is 0 Å². The van der Waals surface area contributed by atoms with Crippen molar-refractivity contribution in [2.45, 2.75) is 0 Å². The lowest BCUT2D eigenvalue weighted by Gasteiger charge is -2.11. The molecule has 23 heavy (non-hydrogen) atoms. The molecule has 0 fully saturated rings. The van der Waals surface area contributed by atoms with Crippen molar-refractivity contribution in [3.8, 4) is 11.5 Å². The topological polar surface area (TPSA) is 41.6 Å². The molecule has 4 nitrogen and oxygen atoms in total. The van der Waals surface area contributed by atoms with Gasteiger partial charge >= 0.3 is 0 Å². The van der Waals surface area contributed by atoms with Crippen molar-refractivity contribution < 1.29 is 9.53 Å². The quantitative estimate of drug-likeness (QED) is 0.683. The van der Waals surface area contributed by atoms with E-state index >= 15 is 0 Å². The zero-order valence-electron chi connectivity index (χ0n) is 12.7. The average Bonchev–Trinajstić information content (AvgIpc) is 2.43. The average molecular weight is 465 g/mol. The van der Waals surface area contributed by atoms with Gasteiger partial charge in [-0.05, 0) is 72.5 Å². The second kappa shape index (κ2) is 9.27. The van der Waals surface area contributed by atoms with Crippen molar-refractivity contribution in [3.05, 3.63) is 51.4 Å². The Kier molecular flexibility index (Phi) is 8.05. The van der Waals surface area contributed by atoms with Crippen LogP contribution in [0.4, 0.5) is 5.69 Å². The van der Waals surface area contributed by atoms with Crippen molar-refractivity contribution >= 4 is 55.9 Å². The number of nitrogens with zero attached hydrogens (tertiary/aromatic N) is 1. The molecular weight excluding hydrogens is 447 g/mol. The number of benzene rings is 2. The second-order valence-electron chi connectivity index (χ2n) is 4.99. The van der Waals surface area contributed by atoms with E-state index in [9.17, 15) is 4.79 Å². The van der Waals surface area contributed by atoms with Crippen molar-refractivity contribution in [2.24, 2.45) is 0 Å². The number of carbonyl (C=O) groups excluding carboxylic acids is 1. The number of rotatable bonds is 5. The zero-order valence-corrected chi connectivity index (χ0v) is 16.7. The molecule has 0 radical (unpaired) electrons. The Morgan fingerprint density at radius 3 is 2.35 bits per heavy atom. The van der Waals surface area contributed by atoms with Gasteiger partial charge in [0, 0.05) is 10.2 Å². The van der Waals surface area contributed by atoms with Gasteiger partial charge in [0.2, 0.25) is 5.91 Å². The van der Waals surface area contributed by atoms with Crippen LogP contribution in [-0.4, -0.2) is 31.4 Å². The summed E-state index contributed by atoms with van der Waals surface area (Å²) >= 11 is 6.86. The van der Waals surface area contributed by atoms with E-state index in [4.69, 9.17) is 4.74 Å². The van der Waals surface area contributed by atoms with Gasteiger partial charge in [0.1, 0.15) is 11.5 Å². The molecule has 0 aliphatic carbocycles. The summed E-state index contributed by atoms with van der Waals surface area (Å²) in [5.41, 5.74) is 0.745. The number of amides is 1. The molecule has 0 atom stereocenters. The van der Waals surface area contributed by atoms with Gasteiger partial charge in [0.05, 0.1) is 11.0 Å². The Morgan fingerprint density at radius 2 is 1.78 bits per heavy atom. The number of hydrogen-bond acceptors (Lipinski definition) is 3. The second-order valence-corrected chi connectivity index (χ2v) is 6.76. The SMILES string of the molecule is CN(C)CC(=O)Nc1ccc(Oc2ccc(Br)cc2Br)cc1.Cl. The predicted octanol–water partition coefficient (Wildman–Crippen LogP) is 4.93. The highest BCUT2D eigenvalue weighted by Gasteiger charge is 2.06. The predicted molar refractivity (Wildman–Crippen MR) is 103 cm³/mol. The number of nitrogens with one attached hydrogen (secondary N) is 1. The van der Waals surface area contributed by atoms with Crippen LogP contribution in [0.1, 0.15) is 0 Å². The summed E-state index contributed by atoms with van der Waals surface area (Å²) in [5, 5.41) is 2.83. The molecule has 2 aromatic rings. The molecule has 7 heteroatoms. The summed E-state index contributed by atoms with van der Waals surface area (Å²) < 4.78 is 7.64. The minimum absolute atomic E-state index is 0. The molecular formula is C16H17Br2ClN2O2. The maximum atomic E-state index is 11.7. The van der Waals surface area contributed by atoms with Crippen LogP contribution in [0.3, 0.4) is 0 Å². The standard InChI is InChI=1S/C16H16Br2N2O2.ClH/c1-20(2)10-16(21)19-12-4-6-13(7-5-12)22-15-8-3-11(17)9-14(15)18;/h3-9H,10H2,1-2H3,(H,19,21);1H. The highest BCUT2D eigenvalue weighted by Crippen LogP contribution is 2.32. The minimum atomic E-state index is -0.0469. The van der Waals surface area contributed by atoms with Crippen LogP contribution >= 0.6 is 44.3 Å². The molecule has 0 spiro atoms. The Hall–Kier alpha value is -1.08. The van der Waals surface area contributed by atoms with E-state index in [1.165, 1.54) is 0 Å². The van der Waals surface area contributed by atoms with E-state index in [1.54, 1.807) is 0 Å². The molecule has 0 saturated heterocycles. The fourth-order valence-electron chi connectivity index (χ4n) is 1.78. The molecule has 0 aromatic heterocycles. The molecule has 1 amide bonds. The molecule has 0 heterocycles. The van der Waals surface area contributed by atoms with Crippen LogP contribution in [0.2, 0.25) is 0 Å². The van der Waals surface area contributed by atoms with Crippen molar-refractivity contribution in [1.29, 1.82) is 0 Å². The monoisotopic (exact) mass is 462 g/mol. The van der Waals surface area contributed by atoms with Gasteiger partial charge in [0.25, 0.3) is 0 Å². The molecule has 0 unspecified atom stereocenters. The number of anilines is 1. The normalized spacial score (nSPS) is 10.1. The summed E-state index contributed by atoms with van der Waals surface area (Å²) in [5.74, 6) is 1.38. The van der Waals surface area contributed by atoms with E-state index in [1.807, 2.05) is 61.5 Å². The first kappa shape index (κ1) is 20.0. The van der Waals surface area contributed by atoms with E-state index in [-0.39, 0.29) is 18.3 Å². The van der Waals surface area contributed by atoms with Gasteiger partial charge in [-0.15, -0.1) is 12.4 Å². The molecule has 0 aliphatic rings. The van der Waals surface area contributed by atoms with E-state index < -0.39 is 0 Å². The lowest BCUT2D eigenvalue weighted by Crippen LogP contribution is -2.26. The Bertz CT molecular complexity index is 664. The van der Waals surface area contributed by atoms with Crippen LogP contribution in [0, 0.1) is 0 Å². The molecule has 1 N–H and O–H groups in total. The van der Waals surface area contributed by atoms with Gasteiger partial charge in [-0.25, -0.2) is 0 Å². The number of likely N-dealkylation sites (N-methyl/N-ethyl adjacent to an activating group) is 1. The largest absolute Gasteiger partial charge is 0.456 e. The van der Waals surface area contributed by atoms with Crippen molar-refractivity contribution in [2.75, 3.05) is 26.0 Å². The maximum Gasteiger partial charge on any atom is 0.238 e. The molecule has 2 rings (SSSR count). The Labute approximate surface area is 158 Å². The number of hydrogen-bond donors (Lipinski definition) is 1. The number of halogens is 3. The first-order valence-electron chi connectivity index (χ1n) is 6.61. The highest BCUT2D eigenvalue weighted by molar-refractivity contribution is 9.11. The zero-order chi connectivity index (χ0) is 16.1. The third-order valence-electron chi connectivity index (χ3n) is 2.72. The van der Waals surface area contributed by atoms with E-state index in [0.29, 0.717) is 12.3 Å². The summed E-state index contributed by atoms with van der Waals surface area (Å²) in [6.07, 6.45) is 0. The smallest absolute Gasteiger partial charge is 0.238 e. The van der Waals surface area contributed by atoms with Crippen molar-refractivity contribution in [1.82, 2.24) is 4.90 Å². The molecule has 0 bridgehead atoms. The highest BCUT2D eigenvalue weighted by atomic mass is 79.9. The Balaban J connectivity index is 0.00000264. The van der Waals surface area contributed by atoms with Gasteiger partial charge in [-0.1, -0.05) is 15.9 Å². The molecule has 2 aromatic carbocycles. The van der Waals surface area contributed by atoms with Gasteiger partial charge < -0.3 is 15.0 Å². The van der Waals surface area contributed by atoms with Crippen LogP contribution in [0.5, 0.6) is 11.5 Å². The summed E-state index contributed by atoms with van der Waals surface area (Å²) in [7, 11) is 3.71. The summed E-state index contributed by atoms with van der Waals surface area (Å²) in [6, 6.07) is 13.0. The lowest BCUT2D eigenvalue weighted by atomic mass is 10.3. The van der Waals surface area contributed by atoms with Crippen molar-refractivity contribution in [3.63, 3.8) is 0 Å². The van der Waals surface area contributed by atoms with Crippen LogP contribution < -0.4 is 10.1 Å².